The van der Waals surface area contributed by atoms with Gasteiger partial charge in [0.15, 0.2) is 0 Å². The molecule has 0 aliphatic carbocycles. The van der Waals surface area contributed by atoms with Crippen LogP contribution in [0, 0.1) is 5.92 Å². The summed E-state index contributed by atoms with van der Waals surface area (Å²) in [6.07, 6.45) is 8.35. The Kier molecular flexibility index (Phi) is 3.76. The van der Waals surface area contributed by atoms with Crippen LogP contribution in [-0.2, 0) is 6.42 Å². The molecule has 1 aromatic rings. The van der Waals surface area contributed by atoms with Gasteiger partial charge in [-0.2, -0.15) is 0 Å². The molecule has 0 spiro atoms. The Hall–Kier alpha value is -0.860. The van der Waals surface area contributed by atoms with Crippen molar-refractivity contribution in [2.24, 2.45) is 5.92 Å². The van der Waals surface area contributed by atoms with E-state index >= 15 is 0 Å². The van der Waals surface area contributed by atoms with Gasteiger partial charge in [-0.15, -0.1) is 0 Å². The van der Waals surface area contributed by atoms with Crippen LogP contribution in [0.2, 0.25) is 0 Å². The Morgan fingerprint density at radius 1 is 0.905 bits per heavy atom. The Morgan fingerprint density at radius 3 is 2.24 bits per heavy atom. The summed E-state index contributed by atoms with van der Waals surface area (Å²) in [6.45, 7) is 6.66. The van der Waals surface area contributed by atoms with Crippen molar-refractivity contribution in [2.75, 3.05) is 32.7 Å². The highest BCUT2D eigenvalue weighted by molar-refractivity contribution is 5.21. The molecule has 4 fully saturated rings. The molecular formula is C19H28N2. The zero-order chi connectivity index (χ0) is 14.1. The molecule has 0 saturated carbocycles. The van der Waals surface area contributed by atoms with Gasteiger partial charge >= 0.3 is 0 Å². The van der Waals surface area contributed by atoms with Gasteiger partial charge in [0.25, 0.3) is 0 Å². The minimum absolute atomic E-state index is 0.429. The monoisotopic (exact) mass is 284 g/mol. The molecule has 21 heavy (non-hydrogen) atoms. The van der Waals surface area contributed by atoms with Gasteiger partial charge in [-0.25, -0.2) is 0 Å². The summed E-state index contributed by atoms with van der Waals surface area (Å²) < 4.78 is 0. The fourth-order valence-corrected chi connectivity index (χ4v) is 5.10. The second-order valence-electron chi connectivity index (χ2n) is 7.36. The fraction of sp³-hybridized carbons (Fsp3) is 0.684. The molecule has 1 atom stereocenters. The lowest BCUT2D eigenvalue weighted by atomic mass is 9.68. The normalized spacial score (nSPS) is 36.8. The molecule has 4 heterocycles. The average molecular weight is 284 g/mol. The maximum Gasteiger partial charge on any atom is 0.0405 e. The van der Waals surface area contributed by atoms with Crippen molar-refractivity contribution >= 4 is 0 Å². The summed E-state index contributed by atoms with van der Waals surface area (Å²) in [5.74, 6) is 0.917. The van der Waals surface area contributed by atoms with Gasteiger partial charge < -0.3 is 4.90 Å². The van der Waals surface area contributed by atoms with E-state index in [1.165, 1.54) is 76.8 Å². The maximum atomic E-state index is 2.89. The van der Waals surface area contributed by atoms with Crippen LogP contribution in [0.1, 0.15) is 37.7 Å². The minimum atomic E-state index is 0.429. The predicted octanol–water partition coefficient (Wildman–Crippen LogP) is 3.18. The number of hydrogen-bond donors (Lipinski definition) is 0. The summed E-state index contributed by atoms with van der Waals surface area (Å²) >= 11 is 0. The van der Waals surface area contributed by atoms with E-state index in [4.69, 9.17) is 0 Å². The Balaban J connectivity index is 1.65. The Bertz CT molecular complexity index is 458. The summed E-state index contributed by atoms with van der Waals surface area (Å²) in [4.78, 5) is 5.62. The third kappa shape index (κ3) is 2.53. The standard InChI is InChI=1S/C19H28N2/c1-3-7-17(8-4-1)15-19(21-11-5-2-6-12-21)16-20-13-9-18(19)10-14-20/h1,3-4,7-8,18H,2,5-6,9-16H2. The number of benzene rings is 1. The SMILES string of the molecule is c1ccc(CC2(N3CCCCC3)CN3CCC2CC3)cc1. The van der Waals surface area contributed by atoms with Gasteiger partial charge in [0, 0.05) is 12.1 Å². The molecule has 5 rings (SSSR count). The number of nitrogens with zero attached hydrogens (tertiary/aromatic N) is 2. The first-order valence-electron chi connectivity index (χ1n) is 8.88. The number of fused-ring (bicyclic) bond motifs is 3. The van der Waals surface area contributed by atoms with Gasteiger partial charge in [0.1, 0.15) is 0 Å². The Labute approximate surface area is 129 Å². The topological polar surface area (TPSA) is 6.48 Å². The van der Waals surface area contributed by atoms with Gasteiger partial charge in [0.05, 0.1) is 0 Å². The highest BCUT2D eigenvalue weighted by atomic mass is 15.3. The molecule has 114 valence electrons. The average Bonchev–Trinajstić information content (AvgIpc) is 2.58. The van der Waals surface area contributed by atoms with Crippen LogP contribution >= 0.6 is 0 Å². The number of rotatable bonds is 3. The molecular weight excluding hydrogens is 256 g/mol. The first-order chi connectivity index (χ1) is 10.4. The van der Waals surface area contributed by atoms with Crippen molar-refractivity contribution in [2.45, 2.75) is 44.1 Å². The maximum absolute atomic E-state index is 2.89. The van der Waals surface area contributed by atoms with Crippen molar-refractivity contribution < 1.29 is 0 Å². The van der Waals surface area contributed by atoms with Crippen molar-refractivity contribution in [3.8, 4) is 0 Å². The van der Waals surface area contributed by atoms with Crippen LogP contribution in [0.25, 0.3) is 0 Å². The van der Waals surface area contributed by atoms with Gasteiger partial charge in [-0.1, -0.05) is 36.8 Å². The molecule has 0 radical (unpaired) electrons. The second kappa shape index (κ2) is 5.73. The largest absolute Gasteiger partial charge is 0.301 e. The van der Waals surface area contributed by atoms with Crippen LogP contribution in [0.5, 0.6) is 0 Å². The summed E-state index contributed by atoms with van der Waals surface area (Å²) in [6, 6.07) is 11.2. The predicted molar refractivity (Wildman–Crippen MR) is 87.5 cm³/mol. The van der Waals surface area contributed by atoms with E-state index in [1.54, 1.807) is 0 Å². The molecule has 0 N–H and O–H groups in total. The second-order valence-corrected chi connectivity index (χ2v) is 7.36. The van der Waals surface area contributed by atoms with Crippen LogP contribution in [0.15, 0.2) is 30.3 Å². The van der Waals surface area contributed by atoms with Gasteiger partial charge in [-0.05, 0) is 69.8 Å². The van der Waals surface area contributed by atoms with Crippen molar-refractivity contribution in [1.82, 2.24) is 9.80 Å². The zero-order valence-electron chi connectivity index (χ0n) is 13.1. The lowest BCUT2D eigenvalue weighted by molar-refractivity contribution is -0.0792. The molecule has 4 saturated heterocycles. The third-order valence-electron chi connectivity index (χ3n) is 6.18. The first-order valence-corrected chi connectivity index (χ1v) is 8.88. The summed E-state index contributed by atoms with van der Waals surface area (Å²) in [7, 11) is 0. The zero-order valence-corrected chi connectivity index (χ0v) is 13.1. The first kappa shape index (κ1) is 13.8. The van der Waals surface area contributed by atoms with Crippen molar-refractivity contribution in [1.29, 1.82) is 0 Å². The van der Waals surface area contributed by atoms with E-state index in [2.05, 4.69) is 40.1 Å². The molecule has 1 aromatic carbocycles. The molecule has 4 aliphatic rings. The van der Waals surface area contributed by atoms with E-state index in [0.29, 0.717) is 5.54 Å². The third-order valence-corrected chi connectivity index (χ3v) is 6.18. The van der Waals surface area contributed by atoms with Crippen LogP contribution in [0.3, 0.4) is 0 Å². The van der Waals surface area contributed by atoms with E-state index in [9.17, 15) is 0 Å². The quantitative estimate of drug-likeness (QED) is 0.841. The van der Waals surface area contributed by atoms with Crippen LogP contribution in [-0.4, -0.2) is 48.1 Å². The molecule has 0 amide bonds. The fourth-order valence-electron chi connectivity index (χ4n) is 5.10. The van der Waals surface area contributed by atoms with Crippen LogP contribution < -0.4 is 0 Å². The molecule has 0 aromatic heterocycles. The lowest BCUT2D eigenvalue weighted by Gasteiger charge is -2.59. The van der Waals surface area contributed by atoms with Crippen LogP contribution in [0.4, 0.5) is 0 Å². The minimum Gasteiger partial charge on any atom is -0.301 e. The molecule has 2 heteroatoms. The van der Waals surface area contributed by atoms with E-state index in [0.717, 1.165) is 5.92 Å². The molecule has 2 bridgehead atoms. The van der Waals surface area contributed by atoms with Crippen molar-refractivity contribution in [3.05, 3.63) is 35.9 Å². The Morgan fingerprint density at radius 2 is 1.62 bits per heavy atom. The van der Waals surface area contributed by atoms with E-state index in [-0.39, 0.29) is 0 Å². The molecule has 4 aliphatic heterocycles. The van der Waals surface area contributed by atoms with Crippen molar-refractivity contribution in [3.63, 3.8) is 0 Å². The molecule has 2 nitrogen and oxygen atoms in total. The highest BCUT2D eigenvalue weighted by Crippen LogP contribution is 2.43. The number of hydrogen-bond acceptors (Lipinski definition) is 2. The van der Waals surface area contributed by atoms with E-state index < -0.39 is 0 Å². The number of piperidine rings is 4. The lowest BCUT2D eigenvalue weighted by Crippen LogP contribution is -2.68. The number of likely N-dealkylation sites (tertiary alicyclic amines) is 1. The summed E-state index contributed by atoms with van der Waals surface area (Å²) in [5, 5.41) is 0. The van der Waals surface area contributed by atoms with Gasteiger partial charge in [-0.3, -0.25) is 4.90 Å². The smallest absolute Gasteiger partial charge is 0.0405 e. The van der Waals surface area contributed by atoms with Gasteiger partial charge in [0.2, 0.25) is 0 Å². The highest BCUT2D eigenvalue weighted by Gasteiger charge is 2.50. The molecule has 1 unspecified atom stereocenters. The van der Waals surface area contributed by atoms with E-state index in [1.807, 2.05) is 0 Å². The summed E-state index contributed by atoms with van der Waals surface area (Å²) in [5.41, 5.74) is 1.97.